The van der Waals surface area contributed by atoms with E-state index in [1.54, 1.807) is 6.92 Å². The number of nitrogens with one attached hydrogen (secondary N) is 2. The van der Waals surface area contributed by atoms with Crippen LogP contribution in [0.2, 0.25) is 0 Å². The minimum atomic E-state index is -2.18. The second kappa shape index (κ2) is 7.88. The molecule has 0 atom stereocenters. The van der Waals surface area contributed by atoms with Crippen molar-refractivity contribution in [2.75, 3.05) is 11.9 Å². The van der Waals surface area contributed by atoms with Crippen LogP contribution in [-0.4, -0.2) is 22.2 Å². The SMILES string of the molecule is CCOC(=N)c1ccc(NC(=O)C(Cl)(Cl)Cl)c(F)c1.Cl. The second-order valence-electron chi connectivity index (χ2n) is 3.41. The molecule has 0 bridgehead atoms. The molecule has 20 heavy (non-hydrogen) atoms. The highest BCUT2D eigenvalue weighted by molar-refractivity contribution is 6.76. The molecule has 9 heteroatoms. The van der Waals surface area contributed by atoms with Gasteiger partial charge in [-0.3, -0.25) is 10.2 Å². The third kappa shape index (κ3) is 5.32. The van der Waals surface area contributed by atoms with Gasteiger partial charge < -0.3 is 10.1 Å². The summed E-state index contributed by atoms with van der Waals surface area (Å²) in [4.78, 5) is 11.4. The first-order valence-corrected chi connectivity index (χ1v) is 6.28. The van der Waals surface area contributed by atoms with E-state index >= 15 is 0 Å². The van der Waals surface area contributed by atoms with E-state index in [1.807, 2.05) is 0 Å². The minimum absolute atomic E-state index is 0. The molecule has 1 amide bonds. The molecule has 0 aliphatic carbocycles. The fourth-order valence-electron chi connectivity index (χ4n) is 1.18. The zero-order valence-electron chi connectivity index (χ0n) is 10.2. The molecule has 0 spiro atoms. The van der Waals surface area contributed by atoms with Crippen LogP contribution in [0.4, 0.5) is 10.1 Å². The van der Waals surface area contributed by atoms with Crippen molar-refractivity contribution < 1.29 is 13.9 Å². The van der Waals surface area contributed by atoms with Gasteiger partial charge >= 0.3 is 0 Å². The summed E-state index contributed by atoms with van der Waals surface area (Å²) in [5, 5.41) is 9.63. The first-order valence-electron chi connectivity index (χ1n) is 5.15. The van der Waals surface area contributed by atoms with E-state index in [0.29, 0.717) is 6.61 Å². The summed E-state index contributed by atoms with van der Waals surface area (Å²) in [5.41, 5.74) is 0.0932. The highest BCUT2D eigenvalue weighted by Crippen LogP contribution is 2.28. The molecule has 1 aromatic carbocycles. The number of anilines is 1. The van der Waals surface area contributed by atoms with Crippen LogP contribution in [0.25, 0.3) is 0 Å². The predicted octanol–water partition coefficient (Wildman–Crippen LogP) is 3.92. The van der Waals surface area contributed by atoms with Gasteiger partial charge in [-0.25, -0.2) is 4.39 Å². The molecule has 0 radical (unpaired) electrons. The number of carbonyl (C=O) groups is 1. The van der Waals surface area contributed by atoms with Crippen molar-refractivity contribution >= 4 is 64.7 Å². The van der Waals surface area contributed by atoms with Gasteiger partial charge in [0, 0.05) is 5.56 Å². The molecular formula is C11H11Cl4FN2O2. The molecule has 0 aromatic heterocycles. The van der Waals surface area contributed by atoms with Gasteiger partial charge in [-0.05, 0) is 25.1 Å². The summed E-state index contributed by atoms with van der Waals surface area (Å²) < 4.78 is 16.4. The smallest absolute Gasteiger partial charge is 0.276 e. The highest BCUT2D eigenvalue weighted by atomic mass is 35.6. The zero-order valence-corrected chi connectivity index (χ0v) is 13.3. The van der Waals surface area contributed by atoms with Gasteiger partial charge in [0.1, 0.15) is 5.82 Å². The van der Waals surface area contributed by atoms with Gasteiger partial charge in [-0.2, -0.15) is 0 Å². The van der Waals surface area contributed by atoms with Crippen LogP contribution < -0.4 is 5.32 Å². The molecule has 2 N–H and O–H groups in total. The topological polar surface area (TPSA) is 62.2 Å². The molecule has 4 nitrogen and oxygen atoms in total. The summed E-state index contributed by atoms with van der Waals surface area (Å²) in [6.07, 6.45) is 0. The van der Waals surface area contributed by atoms with Gasteiger partial charge in [0.2, 0.25) is 5.90 Å². The van der Waals surface area contributed by atoms with Crippen LogP contribution in [0.15, 0.2) is 18.2 Å². The van der Waals surface area contributed by atoms with E-state index in [-0.39, 0.29) is 29.6 Å². The summed E-state index contributed by atoms with van der Waals surface area (Å²) in [6.45, 7) is 2.01. The number of alkyl halides is 3. The quantitative estimate of drug-likeness (QED) is 0.485. The standard InChI is InChI=1S/C11H10Cl3FN2O2.ClH/c1-2-19-9(16)6-3-4-8(7(15)5-6)17-10(18)11(12,13)14;/h3-5,16H,2H2,1H3,(H,17,18);1H. The van der Waals surface area contributed by atoms with E-state index in [1.165, 1.54) is 12.1 Å². The maximum atomic E-state index is 13.7. The van der Waals surface area contributed by atoms with Crippen molar-refractivity contribution in [1.29, 1.82) is 5.41 Å². The molecule has 0 aliphatic rings. The van der Waals surface area contributed by atoms with Crippen molar-refractivity contribution in [3.63, 3.8) is 0 Å². The number of amides is 1. The molecule has 0 fully saturated rings. The average molecular weight is 364 g/mol. The molecule has 0 saturated heterocycles. The summed E-state index contributed by atoms with van der Waals surface area (Å²) in [6, 6.07) is 3.72. The maximum absolute atomic E-state index is 13.7. The summed E-state index contributed by atoms with van der Waals surface area (Å²) in [7, 11) is 0. The van der Waals surface area contributed by atoms with E-state index < -0.39 is 15.5 Å². The number of ether oxygens (including phenoxy) is 1. The fraction of sp³-hybridized carbons (Fsp3) is 0.273. The first kappa shape index (κ1) is 19.2. The second-order valence-corrected chi connectivity index (χ2v) is 5.69. The van der Waals surface area contributed by atoms with Crippen molar-refractivity contribution in [1.82, 2.24) is 0 Å². The monoisotopic (exact) mass is 362 g/mol. The van der Waals surface area contributed by atoms with Crippen LogP contribution in [0, 0.1) is 11.2 Å². The van der Waals surface area contributed by atoms with Crippen LogP contribution >= 0.6 is 47.2 Å². The molecular weight excluding hydrogens is 353 g/mol. The molecule has 112 valence electrons. The van der Waals surface area contributed by atoms with E-state index in [4.69, 9.17) is 44.9 Å². The van der Waals surface area contributed by atoms with Gasteiger partial charge in [0.25, 0.3) is 9.70 Å². The minimum Gasteiger partial charge on any atom is -0.478 e. The van der Waals surface area contributed by atoms with Gasteiger partial charge in [-0.15, -0.1) is 12.4 Å². The average Bonchev–Trinajstić information content (AvgIpc) is 2.30. The number of hydrogen-bond donors (Lipinski definition) is 2. The Balaban J connectivity index is 0.00000361. The van der Waals surface area contributed by atoms with Crippen molar-refractivity contribution in [2.45, 2.75) is 10.7 Å². The Kier molecular flexibility index (Phi) is 7.59. The largest absolute Gasteiger partial charge is 0.478 e. The normalized spacial score (nSPS) is 10.4. The third-order valence-electron chi connectivity index (χ3n) is 2.03. The number of rotatable bonds is 3. The van der Waals surface area contributed by atoms with Crippen LogP contribution in [0.3, 0.4) is 0 Å². The van der Waals surface area contributed by atoms with Crippen molar-refractivity contribution in [3.05, 3.63) is 29.6 Å². The molecule has 1 aromatic rings. The molecule has 1 rings (SSSR count). The molecule has 0 aliphatic heterocycles. The number of halogens is 5. The van der Waals surface area contributed by atoms with Crippen LogP contribution in [-0.2, 0) is 9.53 Å². The highest BCUT2D eigenvalue weighted by Gasteiger charge is 2.31. The first-order chi connectivity index (χ1) is 8.75. The fourth-order valence-corrected chi connectivity index (χ4v) is 1.32. The van der Waals surface area contributed by atoms with E-state index in [2.05, 4.69) is 5.32 Å². The van der Waals surface area contributed by atoms with Crippen LogP contribution in [0.5, 0.6) is 0 Å². The lowest BCUT2D eigenvalue weighted by Gasteiger charge is -2.12. The molecule has 0 saturated carbocycles. The Morgan fingerprint density at radius 1 is 1.45 bits per heavy atom. The summed E-state index contributed by atoms with van der Waals surface area (Å²) >= 11 is 16.1. The van der Waals surface area contributed by atoms with Crippen LogP contribution in [0.1, 0.15) is 12.5 Å². The Labute approximate surface area is 136 Å². The Bertz CT molecular complexity index is 506. The van der Waals surface area contributed by atoms with Gasteiger partial charge in [0.05, 0.1) is 12.3 Å². The number of benzene rings is 1. The van der Waals surface area contributed by atoms with E-state index in [9.17, 15) is 9.18 Å². The predicted molar refractivity (Wildman–Crippen MR) is 81.0 cm³/mol. The number of hydrogen-bond acceptors (Lipinski definition) is 3. The Hall–Kier alpha value is -0.750. The molecule has 0 heterocycles. The summed E-state index contributed by atoms with van der Waals surface area (Å²) in [5.74, 6) is -1.89. The molecule has 0 unspecified atom stereocenters. The van der Waals surface area contributed by atoms with Crippen molar-refractivity contribution in [2.24, 2.45) is 0 Å². The van der Waals surface area contributed by atoms with E-state index in [0.717, 1.165) is 6.07 Å². The Morgan fingerprint density at radius 3 is 2.50 bits per heavy atom. The lowest BCUT2D eigenvalue weighted by molar-refractivity contribution is -0.115. The number of carbonyl (C=O) groups excluding carboxylic acids is 1. The maximum Gasteiger partial charge on any atom is 0.276 e. The Morgan fingerprint density at radius 2 is 2.05 bits per heavy atom. The van der Waals surface area contributed by atoms with Gasteiger partial charge in [0.15, 0.2) is 0 Å². The third-order valence-corrected chi connectivity index (χ3v) is 2.54. The van der Waals surface area contributed by atoms with Crippen molar-refractivity contribution in [3.8, 4) is 0 Å². The zero-order chi connectivity index (χ0) is 14.6. The van der Waals surface area contributed by atoms with Gasteiger partial charge in [-0.1, -0.05) is 34.8 Å². The lowest BCUT2D eigenvalue weighted by Crippen LogP contribution is -2.27. The lowest BCUT2D eigenvalue weighted by atomic mass is 10.2.